The first-order valence-corrected chi connectivity index (χ1v) is 10.3. The van der Waals surface area contributed by atoms with Crippen molar-refractivity contribution >= 4 is 22.5 Å². The Balaban J connectivity index is 1.48. The third kappa shape index (κ3) is 4.08. The van der Waals surface area contributed by atoms with Gasteiger partial charge in [0.05, 0.1) is 22.5 Å². The second-order valence-electron chi connectivity index (χ2n) is 7.68. The Bertz CT molecular complexity index is 1580. The zero-order valence-electron chi connectivity index (χ0n) is 17.7. The van der Waals surface area contributed by atoms with Crippen molar-refractivity contribution in [1.29, 1.82) is 0 Å². The molecule has 2 aromatic carbocycles. The van der Waals surface area contributed by atoms with Gasteiger partial charge in [0.2, 0.25) is 0 Å². The summed E-state index contributed by atoms with van der Waals surface area (Å²) >= 11 is 0. The van der Waals surface area contributed by atoms with Crippen LogP contribution in [0, 0.1) is 12.7 Å². The minimum atomic E-state index is -0.567. The maximum atomic E-state index is 13.3. The Labute approximate surface area is 187 Å². The second kappa shape index (κ2) is 8.27. The Morgan fingerprint density at radius 3 is 2.61 bits per heavy atom. The van der Waals surface area contributed by atoms with Gasteiger partial charge in [-0.1, -0.05) is 24.3 Å². The van der Waals surface area contributed by atoms with Crippen LogP contribution in [-0.2, 0) is 11.3 Å². The molecule has 3 aromatic heterocycles. The highest BCUT2D eigenvalue weighted by Gasteiger charge is 2.16. The van der Waals surface area contributed by atoms with Gasteiger partial charge in [0, 0.05) is 23.2 Å². The summed E-state index contributed by atoms with van der Waals surface area (Å²) in [5.74, 6) is -0.920. The molecular formula is C26H18FN3O3. The van der Waals surface area contributed by atoms with Crippen LogP contribution in [0.2, 0.25) is 0 Å². The number of esters is 1. The zero-order valence-corrected chi connectivity index (χ0v) is 17.7. The maximum Gasteiger partial charge on any atom is 0.339 e. The fourth-order valence-electron chi connectivity index (χ4n) is 3.66. The molecular weight excluding hydrogens is 421 g/mol. The molecule has 5 aromatic rings. The minimum absolute atomic E-state index is 0.152. The lowest BCUT2D eigenvalue weighted by Gasteiger charge is -2.10. The van der Waals surface area contributed by atoms with E-state index < -0.39 is 5.97 Å². The maximum absolute atomic E-state index is 13.3. The number of aromatic nitrogens is 3. The highest BCUT2D eigenvalue weighted by atomic mass is 19.1. The monoisotopic (exact) mass is 439 g/mol. The lowest BCUT2D eigenvalue weighted by atomic mass is 10.0. The molecule has 0 unspecified atom stereocenters. The third-order valence-electron chi connectivity index (χ3n) is 5.29. The molecule has 0 aliphatic carbocycles. The van der Waals surface area contributed by atoms with E-state index in [-0.39, 0.29) is 18.0 Å². The molecule has 0 radical (unpaired) electrons. The number of fused-ring (bicyclic) bond motifs is 2. The molecule has 5 rings (SSSR count). The van der Waals surface area contributed by atoms with Crippen molar-refractivity contribution in [2.75, 3.05) is 0 Å². The van der Waals surface area contributed by atoms with Crippen molar-refractivity contribution < 1.29 is 13.9 Å². The van der Waals surface area contributed by atoms with E-state index >= 15 is 0 Å². The van der Waals surface area contributed by atoms with Crippen molar-refractivity contribution in [3.05, 3.63) is 112 Å². The number of aryl methyl sites for hydroxylation is 1. The molecule has 6 nitrogen and oxygen atoms in total. The van der Waals surface area contributed by atoms with Crippen LogP contribution in [0.15, 0.2) is 83.8 Å². The van der Waals surface area contributed by atoms with Crippen LogP contribution in [0.4, 0.5) is 4.39 Å². The SMILES string of the molecule is Cc1ccc2nc(COC(=O)c3cc(-c4ccc(F)cc4)nc4ccccc34)cc(=O)n2c1. The molecule has 0 aliphatic heterocycles. The molecule has 0 fully saturated rings. The van der Waals surface area contributed by atoms with Crippen LogP contribution in [0.1, 0.15) is 21.6 Å². The number of hydrogen-bond donors (Lipinski definition) is 0. The molecule has 3 heterocycles. The molecule has 0 saturated heterocycles. The molecule has 162 valence electrons. The number of rotatable bonds is 4. The van der Waals surface area contributed by atoms with Gasteiger partial charge < -0.3 is 4.74 Å². The van der Waals surface area contributed by atoms with Crippen molar-refractivity contribution in [3.63, 3.8) is 0 Å². The number of halogens is 1. The van der Waals surface area contributed by atoms with Crippen LogP contribution in [0.5, 0.6) is 0 Å². The van der Waals surface area contributed by atoms with Crippen molar-refractivity contribution in [2.24, 2.45) is 0 Å². The van der Waals surface area contributed by atoms with E-state index in [1.165, 1.54) is 22.6 Å². The van der Waals surface area contributed by atoms with E-state index in [1.54, 1.807) is 42.6 Å². The highest BCUT2D eigenvalue weighted by molar-refractivity contribution is 6.04. The van der Waals surface area contributed by atoms with Crippen LogP contribution in [0.25, 0.3) is 27.8 Å². The number of ether oxygens (including phenoxy) is 1. The van der Waals surface area contributed by atoms with Gasteiger partial charge in [-0.05, 0) is 55.0 Å². The van der Waals surface area contributed by atoms with Crippen LogP contribution >= 0.6 is 0 Å². The van der Waals surface area contributed by atoms with Gasteiger partial charge in [-0.15, -0.1) is 0 Å². The summed E-state index contributed by atoms with van der Waals surface area (Å²) in [5, 5.41) is 0.635. The smallest absolute Gasteiger partial charge is 0.339 e. The summed E-state index contributed by atoms with van der Waals surface area (Å²) in [6.45, 7) is 1.74. The van der Waals surface area contributed by atoms with Crippen molar-refractivity contribution in [1.82, 2.24) is 14.4 Å². The number of para-hydroxylation sites is 1. The van der Waals surface area contributed by atoms with Gasteiger partial charge in [-0.3, -0.25) is 9.20 Å². The van der Waals surface area contributed by atoms with Crippen molar-refractivity contribution in [2.45, 2.75) is 13.5 Å². The fraction of sp³-hybridized carbons (Fsp3) is 0.0769. The Hall–Kier alpha value is -4.39. The zero-order chi connectivity index (χ0) is 22.9. The topological polar surface area (TPSA) is 73.6 Å². The van der Waals surface area contributed by atoms with E-state index in [1.807, 2.05) is 25.1 Å². The largest absolute Gasteiger partial charge is 0.456 e. The molecule has 33 heavy (non-hydrogen) atoms. The molecule has 0 spiro atoms. The quantitative estimate of drug-likeness (QED) is 0.379. The number of nitrogens with zero attached hydrogens (tertiary/aromatic N) is 3. The van der Waals surface area contributed by atoms with Crippen LogP contribution in [0.3, 0.4) is 0 Å². The Kier molecular flexibility index (Phi) is 5.14. The first-order valence-electron chi connectivity index (χ1n) is 10.3. The predicted octanol–water partition coefficient (Wildman–Crippen LogP) is 4.71. The number of pyridine rings is 2. The first kappa shape index (κ1) is 20.5. The summed E-state index contributed by atoms with van der Waals surface area (Å²) in [4.78, 5) is 34.5. The molecule has 0 aliphatic rings. The molecule has 0 bridgehead atoms. The molecule has 0 saturated carbocycles. The van der Waals surface area contributed by atoms with Gasteiger partial charge in [-0.2, -0.15) is 0 Å². The second-order valence-corrected chi connectivity index (χ2v) is 7.68. The number of carbonyl (C=O) groups is 1. The summed E-state index contributed by atoms with van der Waals surface area (Å²) in [5.41, 5.74) is 3.67. The summed E-state index contributed by atoms with van der Waals surface area (Å²) < 4.78 is 20.3. The average molecular weight is 439 g/mol. The Morgan fingerprint density at radius 2 is 1.79 bits per heavy atom. The van der Waals surface area contributed by atoms with Crippen LogP contribution in [-0.4, -0.2) is 20.3 Å². The number of benzene rings is 2. The Morgan fingerprint density at radius 1 is 1.00 bits per heavy atom. The van der Waals surface area contributed by atoms with E-state index in [4.69, 9.17) is 4.74 Å². The fourth-order valence-corrected chi connectivity index (χ4v) is 3.66. The summed E-state index contributed by atoms with van der Waals surface area (Å²) in [6.07, 6.45) is 1.71. The van der Waals surface area contributed by atoms with Crippen LogP contribution < -0.4 is 5.56 Å². The van der Waals surface area contributed by atoms with Gasteiger partial charge in [0.15, 0.2) is 0 Å². The highest BCUT2D eigenvalue weighted by Crippen LogP contribution is 2.26. The lowest BCUT2D eigenvalue weighted by Crippen LogP contribution is -2.17. The van der Waals surface area contributed by atoms with Gasteiger partial charge >= 0.3 is 5.97 Å². The standard InChI is InChI=1S/C26H18FN3O3/c1-16-6-11-24-28-19(12-25(31)30(24)14-16)15-33-26(32)21-13-23(17-7-9-18(27)10-8-17)29-22-5-3-2-4-20(21)22/h2-14H,15H2,1H3. The van der Waals surface area contributed by atoms with E-state index in [0.717, 1.165) is 5.56 Å². The summed E-state index contributed by atoms with van der Waals surface area (Å²) in [7, 11) is 0. The normalized spacial score (nSPS) is 11.1. The molecule has 0 amide bonds. The summed E-state index contributed by atoms with van der Waals surface area (Å²) in [6, 6.07) is 19.7. The van der Waals surface area contributed by atoms with E-state index in [2.05, 4.69) is 9.97 Å². The van der Waals surface area contributed by atoms with Gasteiger partial charge in [0.1, 0.15) is 18.1 Å². The van der Waals surface area contributed by atoms with Gasteiger partial charge in [-0.25, -0.2) is 19.2 Å². The van der Waals surface area contributed by atoms with E-state index in [0.29, 0.717) is 39.1 Å². The third-order valence-corrected chi connectivity index (χ3v) is 5.29. The predicted molar refractivity (Wildman–Crippen MR) is 122 cm³/mol. The number of hydrogen-bond acceptors (Lipinski definition) is 5. The van der Waals surface area contributed by atoms with E-state index in [9.17, 15) is 14.0 Å². The lowest BCUT2D eigenvalue weighted by molar-refractivity contribution is 0.0470. The van der Waals surface area contributed by atoms with Gasteiger partial charge in [0.25, 0.3) is 5.56 Å². The molecule has 0 N–H and O–H groups in total. The van der Waals surface area contributed by atoms with Crippen molar-refractivity contribution in [3.8, 4) is 11.3 Å². The average Bonchev–Trinajstić information content (AvgIpc) is 2.83. The number of carbonyl (C=O) groups excluding carboxylic acids is 1. The molecule has 0 atom stereocenters. The first-order chi connectivity index (χ1) is 16.0. The molecule has 7 heteroatoms. The minimum Gasteiger partial charge on any atom is -0.456 e.